The van der Waals surface area contributed by atoms with Crippen LogP contribution in [0, 0.1) is 5.41 Å². The van der Waals surface area contributed by atoms with E-state index in [1.807, 2.05) is 0 Å². The van der Waals surface area contributed by atoms with Gasteiger partial charge in [-0.1, -0.05) is 25.9 Å². The Morgan fingerprint density at radius 3 is 2.84 bits per heavy atom. The van der Waals surface area contributed by atoms with Crippen LogP contribution in [0.3, 0.4) is 0 Å². The fraction of sp³-hybridized carbons (Fsp3) is 0.692. The number of nitrogens with zero attached hydrogens (tertiary/aromatic N) is 1. The van der Waals surface area contributed by atoms with Gasteiger partial charge in [0.2, 0.25) is 0 Å². The molecule has 1 N–H and O–H groups in total. The average molecular weight is 289 g/mol. The summed E-state index contributed by atoms with van der Waals surface area (Å²) in [4.78, 5) is 11.8. The molecule has 0 aliphatic heterocycles. The van der Waals surface area contributed by atoms with Crippen molar-refractivity contribution in [3.63, 3.8) is 0 Å². The Hall–Kier alpha value is -1.07. The number of ether oxygens (including phenoxy) is 1. The first-order chi connectivity index (χ1) is 8.81. The summed E-state index contributed by atoms with van der Waals surface area (Å²) < 4.78 is 9.83. The van der Waals surface area contributed by atoms with Crippen molar-refractivity contribution in [2.45, 2.75) is 39.2 Å². The third-order valence-corrected chi connectivity index (χ3v) is 2.70. The topological polar surface area (TPSA) is 64.4 Å². The highest BCUT2D eigenvalue weighted by Crippen LogP contribution is 2.23. The Morgan fingerprint density at radius 1 is 1.58 bits per heavy atom. The zero-order valence-corrected chi connectivity index (χ0v) is 12.6. The van der Waals surface area contributed by atoms with Crippen LogP contribution in [0.1, 0.15) is 43.4 Å². The Balaban J connectivity index is 2.42. The number of hydrogen-bond acceptors (Lipinski definition) is 4. The molecule has 0 bridgehead atoms. The second-order valence-corrected chi connectivity index (χ2v) is 6.30. The summed E-state index contributed by atoms with van der Waals surface area (Å²) in [6.45, 7) is 7.03. The molecule has 0 spiro atoms. The summed E-state index contributed by atoms with van der Waals surface area (Å²) in [7, 11) is 1.55. The Bertz CT molecular complexity index is 412. The molecule has 1 unspecified atom stereocenters. The van der Waals surface area contributed by atoms with E-state index in [0.717, 1.165) is 6.42 Å². The highest BCUT2D eigenvalue weighted by atomic mass is 35.5. The molecular formula is C13H21ClN2O3. The van der Waals surface area contributed by atoms with E-state index in [0.29, 0.717) is 18.9 Å². The van der Waals surface area contributed by atoms with Gasteiger partial charge >= 0.3 is 0 Å². The molecule has 5 nitrogen and oxygen atoms in total. The summed E-state index contributed by atoms with van der Waals surface area (Å²) in [5.41, 5.74) is 0.378. The van der Waals surface area contributed by atoms with Crippen LogP contribution in [-0.2, 0) is 11.3 Å². The van der Waals surface area contributed by atoms with Crippen molar-refractivity contribution in [1.82, 2.24) is 10.5 Å². The maximum absolute atomic E-state index is 11.8. The van der Waals surface area contributed by atoms with Crippen molar-refractivity contribution in [2.75, 3.05) is 13.7 Å². The number of nitrogens with one attached hydrogen (secondary N) is 1. The molecule has 0 saturated carbocycles. The number of aromatic nitrogens is 1. The fourth-order valence-corrected chi connectivity index (χ4v) is 2.20. The maximum atomic E-state index is 11.8. The summed E-state index contributed by atoms with van der Waals surface area (Å²) in [6, 6.07) is 1.56. The molecular weight excluding hydrogens is 268 g/mol. The molecule has 1 atom stereocenters. The first-order valence-corrected chi connectivity index (χ1v) is 6.62. The van der Waals surface area contributed by atoms with Gasteiger partial charge in [-0.15, -0.1) is 11.6 Å². The predicted molar refractivity (Wildman–Crippen MR) is 73.3 cm³/mol. The van der Waals surface area contributed by atoms with E-state index in [9.17, 15) is 4.79 Å². The Labute approximate surface area is 118 Å². The molecule has 1 heterocycles. The molecule has 1 aromatic rings. The van der Waals surface area contributed by atoms with E-state index < -0.39 is 0 Å². The molecule has 0 aromatic carbocycles. The van der Waals surface area contributed by atoms with E-state index in [2.05, 4.69) is 31.2 Å². The second-order valence-electron chi connectivity index (χ2n) is 5.68. The largest absolute Gasteiger partial charge is 0.377 e. The minimum absolute atomic E-state index is 0.103. The van der Waals surface area contributed by atoms with E-state index in [1.54, 1.807) is 13.2 Å². The van der Waals surface area contributed by atoms with Gasteiger partial charge in [0.15, 0.2) is 11.5 Å². The third-order valence-electron chi connectivity index (χ3n) is 2.40. The van der Waals surface area contributed by atoms with Crippen LogP contribution < -0.4 is 5.32 Å². The molecule has 6 heteroatoms. The summed E-state index contributed by atoms with van der Waals surface area (Å²) >= 11 is 6.17. The van der Waals surface area contributed by atoms with Crippen LogP contribution in [0.5, 0.6) is 0 Å². The number of carbonyl (C=O) groups excluding carboxylic acids is 1. The maximum Gasteiger partial charge on any atom is 0.273 e. The van der Waals surface area contributed by atoms with Crippen molar-refractivity contribution in [2.24, 2.45) is 5.41 Å². The van der Waals surface area contributed by atoms with Crippen LogP contribution in [0.2, 0.25) is 0 Å². The summed E-state index contributed by atoms with van der Waals surface area (Å²) in [6.07, 6.45) is 0.822. The zero-order valence-electron chi connectivity index (χ0n) is 11.8. The van der Waals surface area contributed by atoms with Gasteiger partial charge in [0, 0.05) is 19.7 Å². The average Bonchev–Trinajstić information content (AvgIpc) is 2.73. The minimum atomic E-state index is -0.286. The van der Waals surface area contributed by atoms with Gasteiger partial charge < -0.3 is 14.6 Å². The van der Waals surface area contributed by atoms with Crippen molar-refractivity contribution in [3.05, 3.63) is 17.5 Å². The molecule has 0 radical (unpaired) electrons. The molecule has 19 heavy (non-hydrogen) atoms. The molecule has 108 valence electrons. The van der Waals surface area contributed by atoms with Gasteiger partial charge in [-0.25, -0.2) is 0 Å². The van der Waals surface area contributed by atoms with Gasteiger partial charge in [-0.2, -0.15) is 0 Å². The van der Waals surface area contributed by atoms with E-state index >= 15 is 0 Å². The standard InChI is InChI=1S/C13H21ClN2O3/c1-13(2,3)6-9(14)7-15-12(17)11-5-10(8-18-4)19-16-11/h5,9H,6-8H2,1-4H3,(H,15,17). The number of amides is 1. The monoisotopic (exact) mass is 288 g/mol. The van der Waals surface area contributed by atoms with Gasteiger partial charge in [0.25, 0.3) is 5.91 Å². The van der Waals surface area contributed by atoms with Gasteiger partial charge in [-0.3, -0.25) is 4.79 Å². The molecule has 0 fully saturated rings. The van der Waals surface area contributed by atoms with Crippen LogP contribution >= 0.6 is 11.6 Å². The first kappa shape index (κ1) is 16.0. The normalized spacial score (nSPS) is 13.3. The molecule has 1 amide bonds. The number of alkyl halides is 1. The van der Waals surface area contributed by atoms with Crippen LogP contribution in [-0.4, -0.2) is 30.1 Å². The Kier molecular flexibility index (Phi) is 5.82. The number of rotatable bonds is 6. The van der Waals surface area contributed by atoms with Gasteiger partial charge in [-0.05, 0) is 11.8 Å². The molecule has 0 aliphatic carbocycles. The smallest absolute Gasteiger partial charge is 0.273 e. The predicted octanol–water partition coefficient (Wildman–Crippen LogP) is 2.59. The lowest BCUT2D eigenvalue weighted by molar-refractivity contribution is 0.0942. The van der Waals surface area contributed by atoms with E-state index in [1.165, 1.54) is 0 Å². The molecule has 0 saturated heterocycles. The second kappa shape index (κ2) is 6.91. The van der Waals surface area contributed by atoms with Crippen molar-refractivity contribution in [3.8, 4) is 0 Å². The van der Waals surface area contributed by atoms with E-state index in [-0.39, 0.29) is 22.4 Å². The number of carbonyl (C=O) groups is 1. The Morgan fingerprint density at radius 2 is 2.26 bits per heavy atom. The lowest BCUT2D eigenvalue weighted by Crippen LogP contribution is -2.31. The highest BCUT2D eigenvalue weighted by molar-refractivity contribution is 6.21. The van der Waals surface area contributed by atoms with Crippen molar-refractivity contribution < 1.29 is 14.1 Å². The summed E-state index contributed by atoms with van der Waals surface area (Å²) in [5, 5.41) is 6.32. The molecule has 1 aromatic heterocycles. The first-order valence-electron chi connectivity index (χ1n) is 6.18. The van der Waals surface area contributed by atoms with Gasteiger partial charge in [0.05, 0.1) is 5.38 Å². The number of methoxy groups -OCH3 is 1. The lowest BCUT2D eigenvalue weighted by Gasteiger charge is -2.21. The number of halogens is 1. The van der Waals surface area contributed by atoms with E-state index in [4.69, 9.17) is 20.9 Å². The third kappa shape index (κ3) is 6.07. The fourth-order valence-electron chi connectivity index (χ4n) is 1.66. The van der Waals surface area contributed by atoms with Crippen molar-refractivity contribution >= 4 is 17.5 Å². The van der Waals surface area contributed by atoms with Crippen molar-refractivity contribution in [1.29, 1.82) is 0 Å². The lowest BCUT2D eigenvalue weighted by atomic mass is 9.90. The highest BCUT2D eigenvalue weighted by Gasteiger charge is 2.18. The van der Waals surface area contributed by atoms with Gasteiger partial charge in [0.1, 0.15) is 6.61 Å². The molecule has 1 rings (SSSR count). The number of hydrogen-bond donors (Lipinski definition) is 1. The van der Waals surface area contributed by atoms with Crippen LogP contribution in [0.15, 0.2) is 10.6 Å². The van der Waals surface area contributed by atoms with Crippen LogP contribution in [0.4, 0.5) is 0 Å². The molecule has 0 aliphatic rings. The minimum Gasteiger partial charge on any atom is -0.377 e. The van der Waals surface area contributed by atoms with Crippen LogP contribution in [0.25, 0.3) is 0 Å². The quantitative estimate of drug-likeness (QED) is 0.817. The summed E-state index contributed by atoms with van der Waals surface area (Å²) in [5.74, 6) is 0.232. The zero-order chi connectivity index (χ0) is 14.5. The SMILES string of the molecule is COCc1cc(C(=O)NCC(Cl)CC(C)(C)C)no1.